The van der Waals surface area contributed by atoms with Crippen LogP contribution in [0.5, 0.6) is 11.5 Å². The summed E-state index contributed by atoms with van der Waals surface area (Å²) in [7, 11) is 3.30. The molecule has 0 atom stereocenters. The summed E-state index contributed by atoms with van der Waals surface area (Å²) in [5.41, 5.74) is 3.71. The van der Waals surface area contributed by atoms with Gasteiger partial charge in [-0.2, -0.15) is 5.26 Å². The highest BCUT2D eigenvalue weighted by Crippen LogP contribution is 2.36. The average molecular weight is 509 g/mol. The molecule has 0 unspecified atom stereocenters. The van der Waals surface area contributed by atoms with Gasteiger partial charge in [0.25, 0.3) is 0 Å². The van der Waals surface area contributed by atoms with Crippen molar-refractivity contribution in [3.05, 3.63) is 106 Å². The molecule has 0 saturated heterocycles. The minimum absolute atomic E-state index is 0.286. The van der Waals surface area contributed by atoms with E-state index in [4.69, 9.17) is 19.8 Å². The largest absolute Gasteiger partial charge is 0.497 e. The number of carbonyl (C=O) groups is 1. The molecular formula is C30H24N2O4S. The van der Waals surface area contributed by atoms with Crippen LogP contribution in [0.2, 0.25) is 0 Å². The Morgan fingerprint density at radius 3 is 1.73 bits per heavy atom. The maximum Gasteiger partial charge on any atom is 0.346 e. The van der Waals surface area contributed by atoms with Crippen LogP contribution in [-0.2, 0) is 4.79 Å². The molecule has 0 saturated carbocycles. The lowest BCUT2D eigenvalue weighted by Gasteiger charge is -2.26. The molecule has 37 heavy (non-hydrogen) atoms. The Bertz CT molecular complexity index is 1410. The predicted octanol–water partition coefficient (Wildman–Crippen LogP) is 7.40. The molecule has 0 spiro atoms. The third-order valence-corrected chi connectivity index (χ3v) is 6.54. The molecule has 184 valence electrons. The number of hydrogen-bond acceptors (Lipinski definition) is 6. The lowest BCUT2D eigenvalue weighted by atomic mass is 10.1. The van der Waals surface area contributed by atoms with E-state index < -0.39 is 5.97 Å². The Hall–Kier alpha value is -4.80. The Labute approximate surface area is 219 Å². The number of nitriles is 1. The van der Waals surface area contributed by atoms with Gasteiger partial charge in [-0.05, 0) is 90.5 Å². The van der Waals surface area contributed by atoms with Crippen molar-refractivity contribution >= 4 is 52.6 Å². The standard InChI is InChI=1S/C30H24N2O4S/c1-35-26-12-8-24(9-13-26)32(25-10-14-27(36-2)15-11-25)23-6-3-21(4-7-23)5-16-28-17-18-29(37-28)19-22(20-31)30(33)34/h3-19H,1-2H3,(H,33,34). The molecule has 1 aromatic heterocycles. The Morgan fingerprint density at radius 2 is 1.27 bits per heavy atom. The molecule has 7 heteroatoms. The molecule has 0 aliphatic rings. The van der Waals surface area contributed by atoms with E-state index >= 15 is 0 Å². The van der Waals surface area contributed by atoms with Gasteiger partial charge in [-0.25, -0.2) is 4.79 Å². The van der Waals surface area contributed by atoms with Gasteiger partial charge in [0.1, 0.15) is 23.1 Å². The fourth-order valence-corrected chi connectivity index (χ4v) is 4.50. The number of anilines is 3. The van der Waals surface area contributed by atoms with E-state index in [-0.39, 0.29) is 5.57 Å². The number of carboxylic acid groups (broad SMARTS) is 1. The van der Waals surface area contributed by atoms with Crippen LogP contribution in [0.1, 0.15) is 15.3 Å². The smallest absolute Gasteiger partial charge is 0.346 e. The molecule has 1 heterocycles. The summed E-state index contributed by atoms with van der Waals surface area (Å²) in [5, 5.41) is 18.0. The van der Waals surface area contributed by atoms with Crippen LogP contribution < -0.4 is 14.4 Å². The van der Waals surface area contributed by atoms with Crippen molar-refractivity contribution in [2.75, 3.05) is 19.1 Å². The third kappa shape index (κ3) is 6.26. The van der Waals surface area contributed by atoms with Gasteiger partial charge in [-0.15, -0.1) is 11.3 Å². The van der Waals surface area contributed by atoms with Crippen molar-refractivity contribution in [3.8, 4) is 17.6 Å². The SMILES string of the molecule is COc1ccc(N(c2ccc(C=Cc3ccc(C=C(C#N)C(=O)O)s3)cc2)c2ccc(OC)cc2)cc1. The van der Waals surface area contributed by atoms with Gasteiger partial charge in [-0.3, -0.25) is 0 Å². The number of rotatable bonds is 9. The quantitative estimate of drug-likeness (QED) is 0.187. The maximum absolute atomic E-state index is 11.1. The van der Waals surface area contributed by atoms with Gasteiger partial charge in [0, 0.05) is 26.8 Å². The van der Waals surface area contributed by atoms with E-state index in [1.54, 1.807) is 26.4 Å². The molecule has 0 bridgehead atoms. The zero-order valence-corrected chi connectivity index (χ0v) is 21.1. The van der Waals surface area contributed by atoms with Gasteiger partial charge in [0.05, 0.1) is 14.2 Å². The third-order valence-electron chi connectivity index (χ3n) is 5.54. The number of methoxy groups -OCH3 is 2. The zero-order valence-electron chi connectivity index (χ0n) is 20.3. The fourth-order valence-electron chi connectivity index (χ4n) is 3.64. The van der Waals surface area contributed by atoms with Crippen molar-refractivity contribution in [1.82, 2.24) is 0 Å². The summed E-state index contributed by atoms with van der Waals surface area (Å²) in [6.07, 6.45) is 5.34. The van der Waals surface area contributed by atoms with Crippen molar-refractivity contribution in [2.24, 2.45) is 0 Å². The lowest BCUT2D eigenvalue weighted by Crippen LogP contribution is -2.09. The first kappa shape index (κ1) is 25.3. The van der Waals surface area contributed by atoms with Crippen LogP contribution in [0.15, 0.2) is 90.5 Å². The summed E-state index contributed by atoms with van der Waals surface area (Å²) in [4.78, 5) is 14.9. The number of thiophene rings is 1. The number of hydrogen-bond donors (Lipinski definition) is 1. The van der Waals surface area contributed by atoms with Crippen molar-refractivity contribution in [1.29, 1.82) is 5.26 Å². The van der Waals surface area contributed by atoms with E-state index in [9.17, 15) is 4.79 Å². The highest BCUT2D eigenvalue weighted by Gasteiger charge is 2.13. The van der Waals surface area contributed by atoms with Crippen LogP contribution in [0.25, 0.3) is 18.2 Å². The number of aliphatic carboxylic acids is 1. The van der Waals surface area contributed by atoms with Crippen molar-refractivity contribution in [2.45, 2.75) is 0 Å². The number of nitrogens with zero attached hydrogens (tertiary/aromatic N) is 2. The zero-order chi connectivity index (χ0) is 26.2. The summed E-state index contributed by atoms with van der Waals surface area (Å²) < 4.78 is 10.6. The van der Waals surface area contributed by atoms with Crippen molar-refractivity contribution < 1.29 is 19.4 Å². The first-order chi connectivity index (χ1) is 18.0. The molecule has 4 aromatic rings. The predicted molar refractivity (Wildman–Crippen MR) is 149 cm³/mol. The second-order valence-corrected chi connectivity index (χ2v) is 9.02. The second-order valence-electron chi connectivity index (χ2n) is 7.87. The van der Waals surface area contributed by atoms with Gasteiger partial charge in [0.15, 0.2) is 0 Å². The van der Waals surface area contributed by atoms with Gasteiger partial charge in [0.2, 0.25) is 0 Å². The molecule has 0 amide bonds. The molecular weight excluding hydrogens is 484 g/mol. The molecule has 0 fully saturated rings. The number of ether oxygens (including phenoxy) is 2. The van der Waals surface area contributed by atoms with Gasteiger partial charge >= 0.3 is 5.97 Å². The normalized spacial score (nSPS) is 11.2. The molecule has 6 nitrogen and oxygen atoms in total. The van der Waals surface area contributed by atoms with Crippen LogP contribution in [0.4, 0.5) is 17.1 Å². The van der Waals surface area contributed by atoms with E-state index in [1.165, 1.54) is 17.4 Å². The van der Waals surface area contributed by atoms with Crippen molar-refractivity contribution in [3.63, 3.8) is 0 Å². The fraction of sp³-hybridized carbons (Fsp3) is 0.0667. The Balaban J connectivity index is 1.58. The molecule has 0 aliphatic heterocycles. The van der Waals surface area contributed by atoms with Crippen LogP contribution in [0.3, 0.4) is 0 Å². The Kier molecular flexibility index (Phi) is 8.04. The Morgan fingerprint density at radius 1 is 0.784 bits per heavy atom. The molecule has 1 N–H and O–H groups in total. The number of benzene rings is 3. The van der Waals surface area contributed by atoms with Gasteiger partial charge in [-0.1, -0.05) is 18.2 Å². The van der Waals surface area contributed by atoms with E-state index in [0.29, 0.717) is 4.88 Å². The van der Waals surface area contributed by atoms with E-state index in [1.807, 2.05) is 78.9 Å². The van der Waals surface area contributed by atoms with Crippen LogP contribution >= 0.6 is 11.3 Å². The second kappa shape index (κ2) is 11.8. The molecule has 0 aliphatic carbocycles. The van der Waals surface area contributed by atoms with E-state index in [0.717, 1.165) is 39.0 Å². The highest BCUT2D eigenvalue weighted by molar-refractivity contribution is 7.13. The summed E-state index contributed by atoms with van der Waals surface area (Å²) in [6.45, 7) is 0. The lowest BCUT2D eigenvalue weighted by molar-refractivity contribution is -0.132. The first-order valence-electron chi connectivity index (χ1n) is 11.3. The minimum atomic E-state index is -1.23. The molecule has 4 rings (SSSR count). The highest BCUT2D eigenvalue weighted by atomic mass is 32.1. The van der Waals surface area contributed by atoms with E-state index in [2.05, 4.69) is 17.0 Å². The summed E-state index contributed by atoms with van der Waals surface area (Å²) >= 11 is 1.42. The first-order valence-corrected chi connectivity index (χ1v) is 12.1. The van der Waals surface area contributed by atoms with Gasteiger partial charge < -0.3 is 19.5 Å². The summed E-state index contributed by atoms with van der Waals surface area (Å²) in [6, 6.07) is 29.4. The maximum atomic E-state index is 11.1. The average Bonchev–Trinajstić information content (AvgIpc) is 3.39. The molecule has 3 aromatic carbocycles. The van der Waals surface area contributed by atoms with Crippen LogP contribution in [0, 0.1) is 11.3 Å². The summed E-state index contributed by atoms with van der Waals surface area (Å²) in [5.74, 6) is 0.349. The monoisotopic (exact) mass is 508 g/mol. The molecule has 0 radical (unpaired) electrons. The van der Waals surface area contributed by atoms with Crippen LogP contribution in [-0.4, -0.2) is 25.3 Å². The minimum Gasteiger partial charge on any atom is -0.497 e. The number of carboxylic acids is 1. The topological polar surface area (TPSA) is 82.8 Å².